The molecule has 0 aliphatic rings. The number of amides is 1. The summed E-state index contributed by atoms with van der Waals surface area (Å²) in [4.78, 5) is 13.0. The number of nitrogens with zero attached hydrogens (tertiary/aromatic N) is 3. The number of aromatic nitrogens is 2. The van der Waals surface area contributed by atoms with Gasteiger partial charge in [0.15, 0.2) is 5.69 Å². The molecule has 2 aromatic carbocycles. The van der Waals surface area contributed by atoms with Crippen LogP contribution in [0.1, 0.15) is 31.3 Å². The highest BCUT2D eigenvalue weighted by atomic mass is 32.2. The number of anilines is 2. The second-order valence-corrected chi connectivity index (χ2v) is 8.70. The predicted octanol–water partition coefficient (Wildman–Crippen LogP) is 3.59. The smallest absolute Gasteiger partial charge is 0.276 e. The second-order valence-electron chi connectivity index (χ2n) is 6.76. The van der Waals surface area contributed by atoms with E-state index in [2.05, 4.69) is 15.7 Å². The molecule has 3 aromatic rings. The molecule has 0 bridgehead atoms. The minimum Gasteiger partial charge on any atom is -0.384 e. The van der Waals surface area contributed by atoms with E-state index >= 15 is 0 Å². The first-order valence-electron chi connectivity index (χ1n) is 10.2. The third-order valence-corrected chi connectivity index (χ3v) is 6.84. The first-order chi connectivity index (χ1) is 14.9. The van der Waals surface area contributed by atoms with Crippen LogP contribution in [0.25, 0.3) is 5.69 Å². The van der Waals surface area contributed by atoms with Crippen LogP contribution in [0, 0.1) is 0 Å². The lowest BCUT2D eigenvalue weighted by molar-refractivity contribution is 0.102. The predicted molar refractivity (Wildman–Crippen MR) is 122 cm³/mol. The maximum absolute atomic E-state index is 12.9. The summed E-state index contributed by atoms with van der Waals surface area (Å²) in [5.41, 5.74) is 2.08. The topological polar surface area (TPSA) is 96.3 Å². The van der Waals surface area contributed by atoms with Crippen LogP contribution in [-0.4, -0.2) is 48.0 Å². The number of sulfonamides is 1. The van der Waals surface area contributed by atoms with Crippen molar-refractivity contribution in [3.05, 3.63) is 66.5 Å². The molecule has 1 amide bonds. The Morgan fingerprint density at radius 2 is 1.71 bits per heavy atom. The maximum atomic E-state index is 12.9. The Labute approximate surface area is 182 Å². The Kier molecular flexibility index (Phi) is 7.09. The van der Waals surface area contributed by atoms with Crippen LogP contribution in [0.5, 0.6) is 0 Å². The van der Waals surface area contributed by atoms with Crippen LogP contribution in [-0.2, 0) is 10.0 Å². The minimum atomic E-state index is -3.65. The quantitative estimate of drug-likeness (QED) is 0.529. The maximum Gasteiger partial charge on any atom is 0.276 e. The molecule has 1 heterocycles. The number of benzene rings is 2. The van der Waals surface area contributed by atoms with Gasteiger partial charge in [0.25, 0.3) is 5.91 Å². The van der Waals surface area contributed by atoms with Crippen molar-refractivity contribution >= 4 is 27.3 Å². The van der Waals surface area contributed by atoms with Crippen molar-refractivity contribution in [2.24, 2.45) is 0 Å². The molecule has 164 valence electrons. The van der Waals surface area contributed by atoms with Gasteiger partial charge in [0.05, 0.1) is 22.0 Å². The van der Waals surface area contributed by atoms with E-state index in [0.717, 1.165) is 5.69 Å². The summed E-state index contributed by atoms with van der Waals surface area (Å²) in [7, 11) is -3.65. The van der Waals surface area contributed by atoms with Gasteiger partial charge < -0.3 is 10.6 Å². The molecule has 1 aromatic heterocycles. The number of carbonyl (C=O) groups is 1. The van der Waals surface area contributed by atoms with Crippen LogP contribution in [0.15, 0.2) is 65.7 Å². The van der Waals surface area contributed by atoms with Crippen LogP contribution in [0.2, 0.25) is 0 Å². The standard InChI is InChI=1S/C22H27N5O3S/c1-4-23-19-13-12-18(31(29,30)26(5-2)6-3)16-21(19)24-22(28)20-14-15-27(25-20)17-10-8-7-9-11-17/h7-16,23H,4-6H2,1-3H3,(H,24,28). The second kappa shape index (κ2) is 9.76. The Morgan fingerprint density at radius 3 is 2.35 bits per heavy atom. The molecular formula is C22H27N5O3S. The Bertz CT molecular complexity index is 1140. The Hall–Kier alpha value is -3.17. The van der Waals surface area contributed by atoms with Gasteiger partial charge in [0.1, 0.15) is 0 Å². The molecule has 0 aliphatic heterocycles. The third kappa shape index (κ3) is 4.95. The highest BCUT2D eigenvalue weighted by Gasteiger charge is 2.23. The summed E-state index contributed by atoms with van der Waals surface area (Å²) in [6.07, 6.45) is 1.71. The average Bonchev–Trinajstić information content (AvgIpc) is 3.27. The summed E-state index contributed by atoms with van der Waals surface area (Å²) in [5.74, 6) is -0.425. The van der Waals surface area contributed by atoms with Crippen LogP contribution < -0.4 is 10.6 Å². The van der Waals surface area contributed by atoms with E-state index in [0.29, 0.717) is 31.0 Å². The monoisotopic (exact) mass is 441 g/mol. The Balaban J connectivity index is 1.91. The van der Waals surface area contributed by atoms with Crippen molar-refractivity contribution in [3.8, 4) is 5.69 Å². The number of carbonyl (C=O) groups excluding carboxylic acids is 1. The van der Waals surface area contributed by atoms with Gasteiger partial charge in [-0.25, -0.2) is 13.1 Å². The summed E-state index contributed by atoms with van der Waals surface area (Å²) >= 11 is 0. The van der Waals surface area contributed by atoms with E-state index in [-0.39, 0.29) is 10.6 Å². The third-order valence-electron chi connectivity index (χ3n) is 4.79. The Morgan fingerprint density at radius 1 is 1.00 bits per heavy atom. The average molecular weight is 442 g/mol. The molecule has 9 heteroatoms. The number of para-hydroxylation sites is 1. The van der Waals surface area contributed by atoms with E-state index in [4.69, 9.17) is 0 Å². The van der Waals surface area contributed by atoms with Gasteiger partial charge >= 0.3 is 0 Å². The van der Waals surface area contributed by atoms with Crippen molar-refractivity contribution in [1.29, 1.82) is 0 Å². The molecular weight excluding hydrogens is 414 g/mol. The lowest BCUT2D eigenvalue weighted by Crippen LogP contribution is -2.30. The number of nitrogens with one attached hydrogen (secondary N) is 2. The normalized spacial score (nSPS) is 11.5. The first kappa shape index (κ1) is 22.5. The van der Waals surface area contributed by atoms with E-state index in [1.54, 1.807) is 42.9 Å². The minimum absolute atomic E-state index is 0.128. The van der Waals surface area contributed by atoms with Gasteiger partial charge in [-0.05, 0) is 43.3 Å². The molecule has 0 saturated heterocycles. The molecule has 31 heavy (non-hydrogen) atoms. The van der Waals surface area contributed by atoms with Gasteiger partial charge in [-0.2, -0.15) is 9.40 Å². The van der Waals surface area contributed by atoms with Crippen molar-refractivity contribution in [2.45, 2.75) is 25.7 Å². The van der Waals surface area contributed by atoms with Crippen molar-refractivity contribution in [3.63, 3.8) is 0 Å². The van der Waals surface area contributed by atoms with Crippen LogP contribution >= 0.6 is 0 Å². The largest absolute Gasteiger partial charge is 0.384 e. The summed E-state index contributed by atoms with van der Waals surface area (Å²) < 4.78 is 28.8. The zero-order valence-corrected chi connectivity index (χ0v) is 18.7. The zero-order valence-electron chi connectivity index (χ0n) is 17.9. The summed E-state index contributed by atoms with van der Waals surface area (Å²) in [6.45, 7) is 6.86. The van der Waals surface area contributed by atoms with Crippen molar-refractivity contribution < 1.29 is 13.2 Å². The number of rotatable bonds is 9. The van der Waals surface area contributed by atoms with E-state index in [1.165, 1.54) is 10.4 Å². The van der Waals surface area contributed by atoms with E-state index in [9.17, 15) is 13.2 Å². The first-order valence-corrected chi connectivity index (χ1v) is 11.6. The van der Waals surface area contributed by atoms with E-state index in [1.807, 2.05) is 37.3 Å². The van der Waals surface area contributed by atoms with Crippen LogP contribution in [0.3, 0.4) is 0 Å². The molecule has 2 N–H and O–H groups in total. The lowest BCUT2D eigenvalue weighted by Gasteiger charge is -2.20. The molecule has 0 atom stereocenters. The molecule has 8 nitrogen and oxygen atoms in total. The van der Waals surface area contributed by atoms with Crippen molar-refractivity contribution in [2.75, 3.05) is 30.3 Å². The molecule has 0 unspecified atom stereocenters. The molecule has 3 rings (SSSR count). The zero-order chi connectivity index (χ0) is 22.4. The van der Waals surface area contributed by atoms with Gasteiger partial charge in [-0.3, -0.25) is 4.79 Å². The van der Waals surface area contributed by atoms with Crippen molar-refractivity contribution in [1.82, 2.24) is 14.1 Å². The molecule has 0 aliphatic carbocycles. The molecule has 0 saturated carbocycles. The van der Waals surface area contributed by atoms with Gasteiger partial charge in [-0.1, -0.05) is 32.0 Å². The summed E-state index contributed by atoms with van der Waals surface area (Å²) in [5, 5.41) is 10.3. The van der Waals surface area contributed by atoms with Crippen LogP contribution in [0.4, 0.5) is 11.4 Å². The van der Waals surface area contributed by atoms with Gasteiger partial charge in [0.2, 0.25) is 10.0 Å². The van der Waals surface area contributed by atoms with E-state index < -0.39 is 15.9 Å². The lowest BCUT2D eigenvalue weighted by atomic mass is 10.2. The fourth-order valence-electron chi connectivity index (χ4n) is 3.20. The highest BCUT2D eigenvalue weighted by Crippen LogP contribution is 2.27. The fourth-order valence-corrected chi connectivity index (χ4v) is 4.69. The van der Waals surface area contributed by atoms with Gasteiger partial charge in [0, 0.05) is 25.8 Å². The molecule has 0 radical (unpaired) electrons. The fraction of sp³-hybridized carbons (Fsp3) is 0.273. The van der Waals surface area contributed by atoms with Gasteiger partial charge in [-0.15, -0.1) is 0 Å². The molecule has 0 spiro atoms. The number of hydrogen-bond acceptors (Lipinski definition) is 5. The summed E-state index contributed by atoms with van der Waals surface area (Å²) in [6, 6.07) is 15.8. The SMILES string of the molecule is CCNc1ccc(S(=O)(=O)N(CC)CC)cc1NC(=O)c1ccn(-c2ccccc2)n1. The highest BCUT2D eigenvalue weighted by molar-refractivity contribution is 7.89. The number of hydrogen-bond donors (Lipinski definition) is 2. The molecule has 0 fully saturated rings.